The largest absolute Gasteiger partial charge is 0.302 e. The van der Waals surface area contributed by atoms with Gasteiger partial charge in [0, 0.05) is 11.3 Å². The van der Waals surface area contributed by atoms with Crippen LogP contribution in [0.5, 0.6) is 0 Å². The molecule has 0 saturated heterocycles. The highest BCUT2D eigenvalue weighted by Crippen LogP contribution is 2.32. The molecule has 0 bridgehead atoms. The highest BCUT2D eigenvalue weighted by molar-refractivity contribution is 7.90. The lowest BCUT2D eigenvalue weighted by Crippen LogP contribution is -2.15. The quantitative estimate of drug-likeness (QED) is 0.781. The second-order valence-electron chi connectivity index (χ2n) is 6.97. The van der Waals surface area contributed by atoms with Gasteiger partial charge in [-0.1, -0.05) is 37.3 Å². The van der Waals surface area contributed by atoms with Crippen molar-refractivity contribution in [2.45, 2.75) is 44.8 Å². The molecular formula is C19H24N2O3S2. The van der Waals surface area contributed by atoms with Crippen LogP contribution >= 0.6 is 11.3 Å². The van der Waals surface area contributed by atoms with Gasteiger partial charge < -0.3 is 5.32 Å². The highest BCUT2D eigenvalue weighted by atomic mass is 32.2. The van der Waals surface area contributed by atoms with E-state index in [1.165, 1.54) is 4.88 Å². The van der Waals surface area contributed by atoms with Gasteiger partial charge in [-0.05, 0) is 37.2 Å². The van der Waals surface area contributed by atoms with Crippen LogP contribution in [0.4, 0.5) is 5.13 Å². The number of carbonyl (C=O) groups is 1. The zero-order valence-electron chi connectivity index (χ0n) is 14.9. The van der Waals surface area contributed by atoms with Crippen LogP contribution in [-0.4, -0.2) is 25.1 Å². The highest BCUT2D eigenvalue weighted by Gasteiger charge is 2.20. The Morgan fingerprint density at radius 2 is 2.08 bits per heavy atom. The van der Waals surface area contributed by atoms with Crippen LogP contribution in [0.15, 0.2) is 30.3 Å². The SMILES string of the molecule is CC1CCc2nc(NC(=O)CCCS(=O)(=O)Cc3ccccc3)sc2C1. The molecule has 1 aliphatic carbocycles. The van der Waals surface area contributed by atoms with E-state index >= 15 is 0 Å². The number of hydrogen-bond donors (Lipinski definition) is 1. The lowest BCUT2D eigenvalue weighted by molar-refractivity contribution is -0.116. The number of carbonyl (C=O) groups excluding carboxylic acids is 1. The minimum Gasteiger partial charge on any atom is -0.302 e. The molecule has 1 aromatic carbocycles. The summed E-state index contributed by atoms with van der Waals surface area (Å²) in [5.74, 6) is 0.536. The number of aryl methyl sites for hydroxylation is 1. The van der Waals surface area contributed by atoms with E-state index in [2.05, 4.69) is 17.2 Å². The molecule has 1 aromatic heterocycles. The zero-order valence-corrected chi connectivity index (χ0v) is 16.5. The van der Waals surface area contributed by atoms with Crippen molar-refractivity contribution in [3.8, 4) is 0 Å². The predicted molar refractivity (Wildman–Crippen MR) is 105 cm³/mol. The Hall–Kier alpha value is -1.73. The fourth-order valence-corrected chi connectivity index (χ4v) is 5.74. The Kier molecular flexibility index (Phi) is 6.09. The summed E-state index contributed by atoms with van der Waals surface area (Å²) < 4.78 is 24.3. The Labute approximate surface area is 158 Å². The van der Waals surface area contributed by atoms with Crippen LogP contribution in [0.3, 0.4) is 0 Å². The van der Waals surface area contributed by atoms with Gasteiger partial charge in [0.2, 0.25) is 5.91 Å². The molecule has 7 heteroatoms. The van der Waals surface area contributed by atoms with Gasteiger partial charge in [0.25, 0.3) is 0 Å². The first-order valence-electron chi connectivity index (χ1n) is 8.94. The fourth-order valence-electron chi connectivity index (χ4n) is 3.13. The third-order valence-electron chi connectivity index (χ3n) is 4.52. The number of aromatic nitrogens is 1. The number of benzene rings is 1. The Bertz CT molecular complexity index is 860. The topological polar surface area (TPSA) is 76.1 Å². The molecular weight excluding hydrogens is 368 g/mol. The van der Waals surface area contributed by atoms with E-state index in [0.29, 0.717) is 17.5 Å². The van der Waals surface area contributed by atoms with E-state index in [4.69, 9.17) is 0 Å². The van der Waals surface area contributed by atoms with Crippen molar-refractivity contribution in [1.29, 1.82) is 0 Å². The van der Waals surface area contributed by atoms with Gasteiger partial charge in [-0.15, -0.1) is 11.3 Å². The molecule has 1 aliphatic rings. The summed E-state index contributed by atoms with van der Waals surface area (Å²) >= 11 is 1.55. The molecule has 0 saturated carbocycles. The smallest absolute Gasteiger partial charge is 0.226 e. The molecule has 140 valence electrons. The van der Waals surface area contributed by atoms with Crippen molar-refractivity contribution >= 4 is 32.2 Å². The molecule has 1 atom stereocenters. The first-order valence-corrected chi connectivity index (χ1v) is 11.6. The minimum absolute atomic E-state index is 0.0151. The van der Waals surface area contributed by atoms with Crippen molar-refractivity contribution in [2.75, 3.05) is 11.1 Å². The summed E-state index contributed by atoms with van der Waals surface area (Å²) in [4.78, 5) is 17.9. The molecule has 1 N–H and O–H groups in total. The molecule has 1 amide bonds. The van der Waals surface area contributed by atoms with Gasteiger partial charge in [0.05, 0.1) is 17.2 Å². The Balaban J connectivity index is 1.46. The Morgan fingerprint density at radius 3 is 2.85 bits per heavy atom. The maximum Gasteiger partial charge on any atom is 0.226 e. The van der Waals surface area contributed by atoms with Gasteiger partial charge in [0.15, 0.2) is 15.0 Å². The van der Waals surface area contributed by atoms with Crippen LogP contribution in [0.25, 0.3) is 0 Å². The predicted octanol–water partition coefficient (Wildman–Crippen LogP) is 3.60. The summed E-state index contributed by atoms with van der Waals surface area (Å²) in [6.45, 7) is 2.23. The van der Waals surface area contributed by atoms with Gasteiger partial charge in [-0.25, -0.2) is 13.4 Å². The summed E-state index contributed by atoms with van der Waals surface area (Å²) in [7, 11) is -3.20. The Morgan fingerprint density at radius 1 is 1.31 bits per heavy atom. The number of sulfone groups is 1. The standard InChI is InChI=1S/C19H24N2O3S2/c1-14-9-10-16-17(12-14)25-19(20-16)21-18(22)8-5-11-26(23,24)13-15-6-3-2-4-7-15/h2-4,6-7,14H,5,8-13H2,1H3,(H,20,21,22). The number of nitrogens with zero attached hydrogens (tertiary/aromatic N) is 1. The molecule has 0 radical (unpaired) electrons. The van der Waals surface area contributed by atoms with Gasteiger partial charge in [-0.2, -0.15) is 0 Å². The second-order valence-corrected chi connectivity index (χ2v) is 10.2. The second kappa shape index (κ2) is 8.31. The van der Waals surface area contributed by atoms with Gasteiger partial charge in [0.1, 0.15) is 0 Å². The normalized spacial score (nSPS) is 16.9. The fraction of sp³-hybridized carbons (Fsp3) is 0.474. The van der Waals surface area contributed by atoms with Crippen molar-refractivity contribution < 1.29 is 13.2 Å². The summed E-state index contributed by atoms with van der Waals surface area (Å²) in [5.41, 5.74) is 1.88. The molecule has 3 rings (SSSR count). The number of rotatable bonds is 7. The number of amides is 1. The number of thiazole rings is 1. The van der Waals surface area contributed by atoms with Crippen LogP contribution in [0.2, 0.25) is 0 Å². The maximum absolute atomic E-state index is 12.2. The zero-order chi connectivity index (χ0) is 18.6. The monoisotopic (exact) mass is 392 g/mol. The number of anilines is 1. The van der Waals surface area contributed by atoms with Crippen molar-refractivity contribution in [1.82, 2.24) is 4.98 Å². The first-order chi connectivity index (χ1) is 12.4. The van der Waals surface area contributed by atoms with Crippen LogP contribution in [0.1, 0.15) is 42.3 Å². The van der Waals surface area contributed by atoms with Crippen molar-refractivity contribution in [3.63, 3.8) is 0 Å². The molecule has 26 heavy (non-hydrogen) atoms. The summed E-state index contributed by atoms with van der Waals surface area (Å²) in [6, 6.07) is 9.11. The van der Waals surface area contributed by atoms with Crippen molar-refractivity contribution in [2.24, 2.45) is 5.92 Å². The molecule has 5 nitrogen and oxygen atoms in total. The minimum atomic E-state index is -3.20. The molecule has 1 unspecified atom stereocenters. The molecule has 2 aromatic rings. The average molecular weight is 393 g/mol. The molecule has 1 heterocycles. The summed E-state index contributed by atoms with van der Waals surface area (Å²) in [5, 5.41) is 3.46. The van der Waals surface area contributed by atoms with E-state index in [1.807, 2.05) is 18.2 Å². The lowest BCUT2D eigenvalue weighted by Gasteiger charge is -2.15. The lowest BCUT2D eigenvalue weighted by atomic mass is 9.93. The average Bonchev–Trinajstić information content (AvgIpc) is 2.96. The number of hydrogen-bond acceptors (Lipinski definition) is 5. The van der Waals surface area contributed by atoms with Gasteiger partial charge >= 0.3 is 0 Å². The number of fused-ring (bicyclic) bond motifs is 1. The van der Waals surface area contributed by atoms with Crippen LogP contribution in [0, 0.1) is 5.92 Å². The maximum atomic E-state index is 12.2. The molecule has 0 fully saturated rings. The summed E-state index contributed by atoms with van der Waals surface area (Å²) in [6.07, 6.45) is 3.66. The van der Waals surface area contributed by atoms with Gasteiger partial charge in [-0.3, -0.25) is 4.79 Å². The van der Waals surface area contributed by atoms with E-state index in [1.54, 1.807) is 23.5 Å². The van der Waals surface area contributed by atoms with Crippen LogP contribution in [-0.2, 0) is 33.2 Å². The third-order valence-corrected chi connectivity index (χ3v) is 7.24. The molecule has 0 aliphatic heterocycles. The molecule has 0 spiro atoms. The van der Waals surface area contributed by atoms with E-state index in [9.17, 15) is 13.2 Å². The third kappa shape index (κ3) is 5.38. The van der Waals surface area contributed by atoms with E-state index < -0.39 is 9.84 Å². The first kappa shape index (κ1) is 19.0. The van der Waals surface area contributed by atoms with E-state index in [0.717, 1.165) is 30.5 Å². The van der Waals surface area contributed by atoms with E-state index in [-0.39, 0.29) is 23.8 Å². The van der Waals surface area contributed by atoms with Crippen molar-refractivity contribution in [3.05, 3.63) is 46.5 Å². The van der Waals surface area contributed by atoms with Crippen LogP contribution < -0.4 is 5.32 Å². The number of nitrogens with one attached hydrogen (secondary N) is 1.